The third-order valence-electron chi connectivity index (χ3n) is 1.61. The molecule has 0 saturated heterocycles. The monoisotopic (exact) mass is 275 g/mol. The van der Waals surface area contributed by atoms with Gasteiger partial charge in [-0.3, -0.25) is 4.98 Å². The van der Waals surface area contributed by atoms with E-state index in [1.165, 1.54) is 0 Å². The van der Waals surface area contributed by atoms with Gasteiger partial charge < -0.3 is 0 Å². The normalized spacial score (nSPS) is 9.42. The second-order valence-electron chi connectivity index (χ2n) is 2.35. The van der Waals surface area contributed by atoms with Gasteiger partial charge in [0.25, 0.3) is 0 Å². The van der Waals surface area contributed by atoms with E-state index in [9.17, 15) is 0 Å². The van der Waals surface area contributed by atoms with Crippen molar-refractivity contribution in [2.45, 2.75) is 4.90 Å². The van der Waals surface area contributed by atoms with Crippen molar-refractivity contribution in [3.63, 3.8) is 0 Å². The minimum atomic E-state index is 0. The van der Waals surface area contributed by atoms with Crippen molar-refractivity contribution >= 4 is 23.5 Å². The number of nitrogens with zero attached hydrogens (tertiary/aromatic N) is 1. The van der Waals surface area contributed by atoms with Crippen LogP contribution in [-0.4, -0.2) is 4.98 Å². The predicted molar refractivity (Wildman–Crippen MR) is 49.0 cm³/mol. The van der Waals surface area contributed by atoms with Crippen molar-refractivity contribution in [1.82, 2.24) is 4.98 Å². The second-order valence-corrected chi connectivity index (χ2v) is 2.83. The molecule has 0 aliphatic heterocycles. The van der Waals surface area contributed by atoms with E-state index >= 15 is 0 Å². The molecule has 56 valence electrons. The van der Waals surface area contributed by atoms with Crippen LogP contribution in [0.25, 0.3) is 10.9 Å². The maximum atomic E-state index is 4.29. The van der Waals surface area contributed by atoms with Crippen LogP contribution in [0.1, 0.15) is 0 Å². The number of fused-ring (bicyclic) bond motifs is 1. The minimum Gasteiger partial charge on any atom is -0.255 e. The third kappa shape index (κ3) is 1.80. The molecule has 0 fully saturated rings. The number of thiol groups is 1. The Kier molecular flexibility index (Phi) is 3.52. The zero-order valence-corrected chi connectivity index (χ0v) is 11.5. The quantitative estimate of drug-likeness (QED) is 0.575. The average molecular weight is 274 g/mol. The Morgan fingerprint density at radius 2 is 1.83 bits per heavy atom. The molecule has 0 aliphatic carbocycles. The Balaban J connectivity index is 0.000000720. The SMILES string of the molecule is Sc1cccc2cccnc12.[Cd]. The molecule has 0 unspecified atom stereocenters. The first-order valence-electron chi connectivity index (χ1n) is 3.40. The molecule has 0 aliphatic rings. The smallest absolute Gasteiger partial charge is 0.0835 e. The van der Waals surface area contributed by atoms with Gasteiger partial charge in [0.2, 0.25) is 0 Å². The summed E-state index contributed by atoms with van der Waals surface area (Å²) in [5.74, 6) is 0. The van der Waals surface area contributed by atoms with Crippen LogP contribution in [0.3, 0.4) is 0 Å². The summed E-state index contributed by atoms with van der Waals surface area (Å²) in [5.41, 5.74) is 0.971. The van der Waals surface area contributed by atoms with Crippen LogP contribution >= 0.6 is 12.6 Å². The molecule has 0 N–H and O–H groups in total. The molecule has 2 rings (SSSR count). The number of rotatable bonds is 0. The van der Waals surface area contributed by atoms with Crippen LogP contribution in [-0.2, 0) is 27.3 Å². The molecule has 0 amide bonds. The summed E-state index contributed by atoms with van der Waals surface area (Å²) in [6.45, 7) is 0. The Bertz CT molecular complexity index is 384. The van der Waals surface area contributed by atoms with Crippen molar-refractivity contribution in [1.29, 1.82) is 0 Å². The second kappa shape index (κ2) is 4.23. The van der Waals surface area contributed by atoms with Crippen molar-refractivity contribution < 1.29 is 27.3 Å². The van der Waals surface area contributed by atoms with E-state index in [2.05, 4.69) is 17.6 Å². The van der Waals surface area contributed by atoms with Gasteiger partial charge in [0.1, 0.15) is 0 Å². The Hall–Kier alpha value is -0.0979. The number of para-hydroxylation sites is 1. The van der Waals surface area contributed by atoms with Gasteiger partial charge in [-0.2, -0.15) is 0 Å². The fourth-order valence-corrected chi connectivity index (χ4v) is 1.36. The van der Waals surface area contributed by atoms with Gasteiger partial charge in [0.05, 0.1) is 5.52 Å². The molecular weight excluding hydrogens is 267 g/mol. The van der Waals surface area contributed by atoms with E-state index in [0.717, 1.165) is 15.8 Å². The number of hydrogen-bond donors (Lipinski definition) is 1. The van der Waals surface area contributed by atoms with Gasteiger partial charge in [0.15, 0.2) is 0 Å². The Labute approximate surface area is 96.8 Å². The summed E-state index contributed by atoms with van der Waals surface area (Å²) in [7, 11) is 0. The van der Waals surface area contributed by atoms with Crippen LogP contribution in [0.15, 0.2) is 41.4 Å². The summed E-state index contributed by atoms with van der Waals surface area (Å²) >= 11 is 4.29. The molecule has 0 atom stereocenters. The van der Waals surface area contributed by atoms with Gasteiger partial charge in [-0.25, -0.2) is 0 Å². The molecule has 1 aromatic carbocycles. The van der Waals surface area contributed by atoms with Gasteiger partial charge in [-0.15, -0.1) is 12.6 Å². The summed E-state index contributed by atoms with van der Waals surface area (Å²) in [4.78, 5) is 5.14. The summed E-state index contributed by atoms with van der Waals surface area (Å²) in [5, 5.41) is 1.14. The first-order valence-corrected chi connectivity index (χ1v) is 3.85. The van der Waals surface area contributed by atoms with Crippen LogP contribution in [0.4, 0.5) is 0 Å². The summed E-state index contributed by atoms with van der Waals surface area (Å²) < 4.78 is 0. The van der Waals surface area contributed by atoms with E-state index in [1.54, 1.807) is 6.20 Å². The minimum absolute atomic E-state index is 0. The largest absolute Gasteiger partial charge is 0.255 e. The summed E-state index contributed by atoms with van der Waals surface area (Å²) in [6.07, 6.45) is 1.78. The van der Waals surface area contributed by atoms with E-state index in [1.807, 2.05) is 30.3 Å². The predicted octanol–water partition coefficient (Wildman–Crippen LogP) is 2.52. The number of hydrogen-bond acceptors (Lipinski definition) is 2. The van der Waals surface area contributed by atoms with Crippen molar-refractivity contribution in [2.24, 2.45) is 0 Å². The van der Waals surface area contributed by atoms with Crippen LogP contribution in [0, 0.1) is 0 Å². The maximum Gasteiger partial charge on any atom is 0.0835 e. The number of pyridine rings is 1. The number of benzene rings is 1. The molecule has 3 heteroatoms. The maximum absolute atomic E-state index is 4.29. The Morgan fingerprint density at radius 3 is 2.58 bits per heavy atom. The van der Waals surface area contributed by atoms with Gasteiger partial charge in [0, 0.05) is 43.8 Å². The molecule has 0 bridgehead atoms. The van der Waals surface area contributed by atoms with E-state index in [0.29, 0.717) is 0 Å². The van der Waals surface area contributed by atoms with Crippen molar-refractivity contribution in [3.8, 4) is 0 Å². The topological polar surface area (TPSA) is 12.9 Å². The van der Waals surface area contributed by atoms with Crippen LogP contribution in [0.5, 0.6) is 0 Å². The van der Waals surface area contributed by atoms with Crippen molar-refractivity contribution in [3.05, 3.63) is 36.5 Å². The first-order chi connectivity index (χ1) is 5.38. The van der Waals surface area contributed by atoms with E-state index in [4.69, 9.17) is 0 Å². The Morgan fingerprint density at radius 1 is 1.08 bits per heavy atom. The molecule has 1 nitrogen and oxygen atoms in total. The van der Waals surface area contributed by atoms with Gasteiger partial charge in [-0.05, 0) is 12.1 Å². The zero-order valence-electron chi connectivity index (χ0n) is 6.57. The van der Waals surface area contributed by atoms with Gasteiger partial charge in [-0.1, -0.05) is 18.2 Å². The molecule has 0 radical (unpaired) electrons. The summed E-state index contributed by atoms with van der Waals surface area (Å²) in [6, 6.07) is 9.91. The molecule has 12 heavy (non-hydrogen) atoms. The van der Waals surface area contributed by atoms with Crippen LogP contribution < -0.4 is 0 Å². The molecule has 1 aromatic heterocycles. The third-order valence-corrected chi connectivity index (χ3v) is 1.97. The molecule has 1 heterocycles. The fourth-order valence-electron chi connectivity index (χ4n) is 1.09. The first kappa shape index (κ1) is 9.99. The molecule has 0 spiro atoms. The zero-order chi connectivity index (χ0) is 7.68. The fraction of sp³-hybridized carbons (Fsp3) is 0. The molecule has 0 saturated carbocycles. The molecular formula is C9H7CdNS. The van der Waals surface area contributed by atoms with Crippen molar-refractivity contribution in [2.75, 3.05) is 0 Å². The van der Waals surface area contributed by atoms with E-state index < -0.39 is 0 Å². The average Bonchev–Trinajstić information content (AvgIpc) is 2.06. The van der Waals surface area contributed by atoms with Gasteiger partial charge >= 0.3 is 0 Å². The van der Waals surface area contributed by atoms with E-state index in [-0.39, 0.29) is 27.3 Å². The number of aromatic nitrogens is 1. The van der Waals surface area contributed by atoms with Crippen LogP contribution in [0.2, 0.25) is 0 Å². The molecule has 2 aromatic rings. The standard InChI is InChI=1S/C9H7NS.Cd/c11-8-5-1-3-7-4-2-6-10-9(7)8;/h1-6,11H;.